The zero-order chi connectivity index (χ0) is 16.4. The Morgan fingerprint density at radius 1 is 1.35 bits per heavy atom. The second kappa shape index (κ2) is 6.20. The number of benzene rings is 1. The van der Waals surface area contributed by atoms with Gasteiger partial charge in [-0.25, -0.2) is 9.37 Å². The zero-order valence-corrected chi connectivity index (χ0v) is 12.4. The molecule has 1 aromatic carbocycles. The van der Waals surface area contributed by atoms with Gasteiger partial charge in [0.2, 0.25) is 0 Å². The fourth-order valence-corrected chi connectivity index (χ4v) is 2.83. The highest BCUT2D eigenvalue weighted by Gasteiger charge is 2.27. The molecule has 1 fully saturated rings. The van der Waals surface area contributed by atoms with Gasteiger partial charge in [-0.15, -0.1) is 0 Å². The van der Waals surface area contributed by atoms with Crippen molar-refractivity contribution in [3.05, 3.63) is 52.8 Å². The second-order valence-electron chi connectivity index (χ2n) is 5.50. The number of rotatable bonds is 3. The maximum absolute atomic E-state index is 13.9. The predicted octanol–water partition coefficient (Wildman–Crippen LogP) is 1.67. The number of anilines is 1. The van der Waals surface area contributed by atoms with Crippen molar-refractivity contribution in [1.29, 1.82) is 0 Å². The lowest BCUT2D eigenvalue weighted by atomic mass is 9.98. The van der Waals surface area contributed by atoms with Crippen molar-refractivity contribution in [3.8, 4) is 5.69 Å². The Labute approximate surface area is 131 Å². The Balaban J connectivity index is 1.99. The Morgan fingerprint density at radius 2 is 2.13 bits per heavy atom. The summed E-state index contributed by atoms with van der Waals surface area (Å²) in [4.78, 5) is 29.6. The number of carbonyl (C=O) groups is 1. The number of carboxylic acids is 1. The van der Waals surface area contributed by atoms with E-state index in [0.717, 1.165) is 0 Å². The van der Waals surface area contributed by atoms with Gasteiger partial charge in [-0.3, -0.25) is 14.2 Å². The number of aromatic nitrogens is 2. The number of nitrogens with zero attached hydrogens (tertiary/aromatic N) is 3. The standard InChI is InChI=1S/C16H16FN3O3/c17-12-5-1-2-6-13(12)20-9-7-18-14(15(20)21)19-8-3-4-11(10-19)16(22)23/h1-2,5-7,9,11H,3-4,8,10H2,(H,22,23)/t11-/m1/s1. The third kappa shape index (κ3) is 2.94. The third-order valence-corrected chi connectivity index (χ3v) is 4.00. The maximum atomic E-state index is 13.9. The minimum atomic E-state index is -0.875. The first-order chi connectivity index (χ1) is 11.1. The topological polar surface area (TPSA) is 75.4 Å². The van der Waals surface area contributed by atoms with Gasteiger partial charge in [0.25, 0.3) is 5.56 Å². The molecule has 0 aliphatic carbocycles. The van der Waals surface area contributed by atoms with Crippen molar-refractivity contribution in [2.75, 3.05) is 18.0 Å². The molecule has 1 atom stereocenters. The third-order valence-electron chi connectivity index (χ3n) is 4.00. The highest BCUT2D eigenvalue weighted by atomic mass is 19.1. The molecular weight excluding hydrogens is 301 g/mol. The van der Waals surface area contributed by atoms with Crippen molar-refractivity contribution >= 4 is 11.8 Å². The minimum Gasteiger partial charge on any atom is -0.481 e. The number of aliphatic carboxylic acids is 1. The molecule has 2 aromatic rings. The Kier molecular flexibility index (Phi) is 4.10. The summed E-state index contributed by atoms with van der Waals surface area (Å²) in [6, 6.07) is 5.99. The monoisotopic (exact) mass is 317 g/mol. The molecule has 1 aliphatic rings. The van der Waals surface area contributed by atoms with E-state index in [-0.39, 0.29) is 18.1 Å². The summed E-state index contributed by atoms with van der Waals surface area (Å²) in [6.45, 7) is 0.798. The van der Waals surface area contributed by atoms with Crippen LogP contribution < -0.4 is 10.5 Å². The normalized spacial score (nSPS) is 18.0. The van der Waals surface area contributed by atoms with Crippen LogP contribution in [-0.2, 0) is 4.79 Å². The van der Waals surface area contributed by atoms with Gasteiger partial charge in [0.1, 0.15) is 5.82 Å². The smallest absolute Gasteiger partial charge is 0.308 e. The van der Waals surface area contributed by atoms with Gasteiger partial charge in [-0.2, -0.15) is 0 Å². The molecule has 6 nitrogen and oxygen atoms in total. The fraction of sp³-hybridized carbons (Fsp3) is 0.312. The Hall–Kier alpha value is -2.70. The summed E-state index contributed by atoms with van der Waals surface area (Å²) in [7, 11) is 0. The van der Waals surface area contributed by atoms with Crippen LogP contribution in [0.4, 0.5) is 10.2 Å². The summed E-state index contributed by atoms with van der Waals surface area (Å²) in [5.74, 6) is -1.75. The number of halogens is 1. The van der Waals surface area contributed by atoms with Crippen LogP contribution in [0.3, 0.4) is 0 Å². The second-order valence-corrected chi connectivity index (χ2v) is 5.50. The maximum Gasteiger partial charge on any atom is 0.308 e. The van der Waals surface area contributed by atoms with Crippen LogP contribution in [0.1, 0.15) is 12.8 Å². The van der Waals surface area contributed by atoms with Crippen LogP contribution in [0, 0.1) is 11.7 Å². The zero-order valence-electron chi connectivity index (χ0n) is 12.4. The Bertz CT molecular complexity index is 790. The van der Waals surface area contributed by atoms with Gasteiger partial charge in [0, 0.05) is 25.5 Å². The highest BCUT2D eigenvalue weighted by molar-refractivity contribution is 5.71. The van der Waals surface area contributed by atoms with E-state index in [2.05, 4.69) is 4.98 Å². The molecule has 1 N–H and O–H groups in total. The number of hydrogen-bond acceptors (Lipinski definition) is 4. The predicted molar refractivity (Wildman–Crippen MR) is 82.4 cm³/mol. The van der Waals surface area contributed by atoms with Gasteiger partial charge < -0.3 is 10.0 Å². The lowest BCUT2D eigenvalue weighted by Gasteiger charge is -2.31. The summed E-state index contributed by atoms with van der Waals surface area (Å²) in [6.07, 6.45) is 4.09. The quantitative estimate of drug-likeness (QED) is 0.932. The van der Waals surface area contributed by atoms with E-state index in [4.69, 9.17) is 5.11 Å². The molecule has 0 spiro atoms. The van der Waals surface area contributed by atoms with Crippen molar-refractivity contribution < 1.29 is 14.3 Å². The molecule has 0 amide bonds. The van der Waals surface area contributed by atoms with Crippen LogP contribution >= 0.6 is 0 Å². The highest BCUT2D eigenvalue weighted by Crippen LogP contribution is 2.20. The van der Waals surface area contributed by atoms with Gasteiger partial charge in [0.15, 0.2) is 5.82 Å². The average molecular weight is 317 g/mol. The Morgan fingerprint density at radius 3 is 2.87 bits per heavy atom. The SMILES string of the molecule is O=C(O)[C@@H]1CCCN(c2nccn(-c3ccccc3F)c2=O)C1. The van der Waals surface area contributed by atoms with Crippen molar-refractivity contribution in [2.45, 2.75) is 12.8 Å². The summed E-state index contributed by atoms with van der Waals surface area (Å²) in [5.41, 5.74) is -0.309. The van der Waals surface area contributed by atoms with E-state index in [9.17, 15) is 14.0 Å². The number of hydrogen-bond donors (Lipinski definition) is 1. The van der Waals surface area contributed by atoms with E-state index < -0.39 is 23.3 Å². The van der Waals surface area contributed by atoms with Crippen LogP contribution in [0.25, 0.3) is 5.69 Å². The fourth-order valence-electron chi connectivity index (χ4n) is 2.83. The molecular formula is C16H16FN3O3. The molecule has 0 saturated carbocycles. The first-order valence-electron chi connectivity index (χ1n) is 7.38. The average Bonchev–Trinajstić information content (AvgIpc) is 2.56. The minimum absolute atomic E-state index is 0.146. The van der Waals surface area contributed by atoms with E-state index >= 15 is 0 Å². The van der Waals surface area contributed by atoms with Crippen LogP contribution in [0.2, 0.25) is 0 Å². The van der Waals surface area contributed by atoms with Crippen molar-refractivity contribution in [3.63, 3.8) is 0 Å². The summed E-state index contributed by atoms with van der Waals surface area (Å²) in [5, 5.41) is 9.16. The molecule has 23 heavy (non-hydrogen) atoms. The van der Waals surface area contributed by atoms with E-state index in [0.29, 0.717) is 19.4 Å². The lowest BCUT2D eigenvalue weighted by Crippen LogP contribution is -2.42. The van der Waals surface area contributed by atoms with E-state index in [1.54, 1.807) is 17.0 Å². The largest absolute Gasteiger partial charge is 0.481 e. The van der Waals surface area contributed by atoms with E-state index in [1.807, 2.05) is 0 Å². The van der Waals surface area contributed by atoms with Gasteiger partial charge in [-0.05, 0) is 25.0 Å². The first-order valence-corrected chi connectivity index (χ1v) is 7.38. The number of piperidine rings is 1. The lowest BCUT2D eigenvalue weighted by molar-refractivity contribution is -0.141. The van der Waals surface area contributed by atoms with Crippen LogP contribution in [0.15, 0.2) is 41.5 Å². The van der Waals surface area contributed by atoms with Gasteiger partial charge in [0.05, 0.1) is 11.6 Å². The van der Waals surface area contributed by atoms with Gasteiger partial charge in [-0.1, -0.05) is 12.1 Å². The number of para-hydroxylation sites is 1. The van der Waals surface area contributed by atoms with Crippen molar-refractivity contribution in [2.24, 2.45) is 5.92 Å². The van der Waals surface area contributed by atoms with Gasteiger partial charge >= 0.3 is 5.97 Å². The molecule has 120 valence electrons. The summed E-state index contributed by atoms with van der Waals surface area (Å²) < 4.78 is 15.1. The number of carboxylic acid groups (broad SMARTS) is 1. The molecule has 1 saturated heterocycles. The molecule has 1 aliphatic heterocycles. The van der Waals surface area contributed by atoms with E-state index in [1.165, 1.54) is 29.1 Å². The molecule has 3 rings (SSSR count). The van der Waals surface area contributed by atoms with Crippen LogP contribution in [0.5, 0.6) is 0 Å². The molecule has 0 bridgehead atoms. The molecule has 0 radical (unpaired) electrons. The first kappa shape index (κ1) is 15.2. The molecule has 7 heteroatoms. The summed E-state index contributed by atoms with van der Waals surface area (Å²) >= 11 is 0. The molecule has 1 aromatic heterocycles. The van der Waals surface area contributed by atoms with Crippen LogP contribution in [-0.4, -0.2) is 33.7 Å². The molecule has 2 heterocycles. The molecule has 0 unspecified atom stereocenters. The van der Waals surface area contributed by atoms with Crippen molar-refractivity contribution in [1.82, 2.24) is 9.55 Å².